The normalized spacial score (nSPS) is 20.1. The molecule has 1 atom stereocenters. The van der Waals surface area contributed by atoms with Crippen molar-refractivity contribution >= 4 is 21.9 Å². The van der Waals surface area contributed by atoms with Gasteiger partial charge in [0.1, 0.15) is 16.3 Å². The lowest BCUT2D eigenvalue weighted by molar-refractivity contribution is -0.192. The number of pyridine rings is 1. The molecule has 1 amide bonds. The van der Waals surface area contributed by atoms with Gasteiger partial charge in [-0.2, -0.15) is 17.5 Å². The summed E-state index contributed by atoms with van der Waals surface area (Å²) in [7, 11) is -2.03. The molecule has 15 heteroatoms. The Bertz CT molecular complexity index is 1130. The van der Waals surface area contributed by atoms with Gasteiger partial charge < -0.3 is 19.7 Å². The summed E-state index contributed by atoms with van der Waals surface area (Å²) in [6, 6.07) is 3.14. The number of likely N-dealkylation sites (N-methyl/N-ethyl adjacent to an activating group) is 1. The van der Waals surface area contributed by atoms with E-state index in [1.807, 2.05) is 10.8 Å². The molecule has 1 saturated heterocycles. The summed E-state index contributed by atoms with van der Waals surface area (Å²) in [5.74, 6) is -2.20. The fraction of sp³-hybridized carbons (Fsp3) is 0.474. The Kier molecular flexibility index (Phi) is 7.28. The highest BCUT2D eigenvalue weighted by Gasteiger charge is 2.48. The second-order valence-corrected chi connectivity index (χ2v) is 9.45. The second-order valence-electron chi connectivity index (χ2n) is 7.51. The van der Waals surface area contributed by atoms with E-state index >= 15 is 0 Å². The molecular formula is C19H22F3N5O6S. The van der Waals surface area contributed by atoms with E-state index in [-0.39, 0.29) is 23.9 Å². The number of rotatable bonds is 3. The molecule has 2 N–H and O–H groups in total. The molecule has 4 rings (SSSR count). The molecule has 1 fully saturated rings. The quantitative estimate of drug-likeness (QED) is 0.622. The van der Waals surface area contributed by atoms with Gasteiger partial charge in [-0.3, -0.25) is 9.78 Å². The van der Waals surface area contributed by atoms with Crippen LogP contribution in [0.5, 0.6) is 0 Å². The molecule has 2 aromatic rings. The van der Waals surface area contributed by atoms with Crippen LogP contribution in [-0.2, 0) is 36.5 Å². The number of piperidine rings is 1. The SMILES string of the molecule is CNC(=O)C1Cn2ccnc2C2(CCN(S(=O)(=O)c3cccnc3)CC2)O1.O=C(O)C(F)(F)F. The lowest BCUT2D eigenvalue weighted by Gasteiger charge is -2.45. The maximum atomic E-state index is 12.8. The molecule has 1 unspecified atom stereocenters. The highest BCUT2D eigenvalue weighted by molar-refractivity contribution is 7.89. The number of amides is 1. The number of hydrogen-bond donors (Lipinski definition) is 2. The largest absolute Gasteiger partial charge is 0.490 e. The number of carboxylic acid groups (broad SMARTS) is 1. The van der Waals surface area contributed by atoms with Crippen molar-refractivity contribution in [2.24, 2.45) is 0 Å². The minimum atomic E-state index is -5.08. The zero-order valence-electron chi connectivity index (χ0n) is 17.9. The number of nitrogens with zero attached hydrogens (tertiary/aromatic N) is 4. The van der Waals surface area contributed by atoms with Gasteiger partial charge in [0.25, 0.3) is 5.91 Å². The first-order valence-corrected chi connectivity index (χ1v) is 11.5. The van der Waals surface area contributed by atoms with E-state index in [1.165, 1.54) is 16.6 Å². The minimum Gasteiger partial charge on any atom is -0.475 e. The van der Waals surface area contributed by atoms with Crippen LogP contribution < -0.4 is 5.32 Å². The van der Waals surface area contributed by atoms with E-state index < -0.39 is 33.9 Å². The minimum absolute atomic E-state index is 0.176. The van der Waals surface area contributed by atoms with Gasteiger partial charge in [-0.25, -0.2) is 18.2 Å². The Morgan fingerprint density at radius 2 is 1.91 bits per heavy atom. The second kappa shape index (κ2) is 9.68. The van der Waals surface area contributed by atoms with E-state index in [1.54, 1.807) is 25.5 Å². The number of carboxylic acids is 1. The van der Waals surface area contributed by atoms with Gasteiger partial charge in [-0.1, -0.05) is 0 Å². The Balaban J connectivity index is 0.000000406. The molecule has 11 nitrogen and oxygen atoms in total. The van der Waals surface area contributed by atoms with Gasteiger partial charge in [-0.05, 0) is 25.0 Å². The van der Waals surface area contributed by atoms with E-state index in [0.717, 1.165) is 5.82 Å². The van der Waals surface area contributed by atoms with Crippen molar-refractivity contribution in [3.8, 4) is 0 Å². The number of halogens is 3. The number of carbonyl (C=O) groups is 2. The van der Waals surface area contributed by atoms with Crippen LogP contribution in [-0.4, -0.2) is 76.7 Å². The van der Waals surface area contributed by atoms with Crippen molar-refractivity contribution in [2.75, 3.05) is 20.1 Å². The fourth-order valence-electron chi connectivity index (χ4n) is 3.77. The average Bonchev–Trinajstić information content (AvgIpc) is 3.29. The summed E-state index contributed by atoms with van der Waals surface area (Å²) in [5.41, 5.74) is -0.764. The number of aliphatic carboxylic acids is 1. The van der Waals surface area contributed by atoms with Gasteiger partial charge in [0, 0.05) is 44.9 Å². The topological polar surface area (TPSA) is 144 Å². The summed E-state index contributed by atoms with van der Waals surface area (Å²) >= 11 is 0. The molecule has 4 heterocycles. The molecule has 34 heavy (non-hydrogen) atoms. The van der Waals surface area contributed by atoms with Crippen LogP contribution in [0.4, 0.5) is 13.2 Å². The third-order valence-corrected chi connectivity index (χ3v) is 7.32. The number of imidazole rings is 1. The average molecular weight is 505 g/mol. The number of carbonyl (C=O) groups excluding carboxylic acids is 1. The van der Waals surface area contributed by atoms with Crippen LogP contribution in [0.3, 0.4) is 0 Å². The molecule has 0 saturated carbocycles. The van der Waals surface area contributed by atoms with E-state index in [0.29, 0.717) is 19.4 Å². The van der Waals surface area contributed by atoms with Crippen molar-refractivity contribution in [2.45, 2.75) is 42.2 Å². The molecule has 2 aromatic heterocycles. The van der Waals surface area contributed by atoms with Crippen molar-refractivity contribution < 1.29 is 41.0 Å². The third kappa shape index (κ3) is 5.20. The molecule has 2 aliphatic rings. The number of ether oxygens (including phenoxy) is 1. The number of fused-ring (bicyclic) bond motifs is 2. The molecular weight excluding hydrogens is 483 g/mol. The highest BCUT2D eigenvalue weighted by Crippen LogP contribution is 2.41. The van der Waals surface area contributed by atoms with Crippen LogP contribution in [0.1, 0.15) is 18.7 Å². The van der Waals surface area contributed by atoms with Crippen molar-refractivity contribution in [1.82, 2.24) is 24.2 Å². The predicted octanol–water partition coefficient (Wildman–Crippen LogP) is 0.736. The first kappa shape index (κ1) is 25.6. The number of aromatic nitrogens is 3. The Morgan fingerprint density at radius 3 is 2.44 bits per heavy atom. The number of sulfonamides is 1. The van der Waals surface area contributed by atoms with Crippen LogP contribution in [0.2, 0.25) is 0 Å². The first-order chi connectivity index (χ1) is 15.9. The molecule has 0 aliphatic carbocycles. The molecule has 0 bridgehead atoms. The van der Waals surface area contributed by atoms with Crippen LogP contribution in [0.15, 0.2) is 41.8 Å². The van der Waals surface area contributed by atoms with Crippen molar-refractivity contribution in [3.05, 3.63) is 42.7 Å². The Morgan fingerprint density at radius 1 is 1.26 bits per heavy atom. The van der Waals surface area contributed by atoms with Crippen LogP contribution in [0, 0.1) is 0 Å². The molecule has 2 aliphatic heterocycles. The molecule has 0 radical (unpaired) electrons. The van der Waals surface area contributed by atoms with Gasteiger partial charge in [0.15, 0.2) is 6.10 Å². The van der Waals surface area contributed by atoms with Crippen molar-refractivity contribution in [3.63, 3.8) is 0 Å². The van der Waals surface area contributed by atoms with Gasteiger partial charge in [0.2, 0.25) is 10.0 Å². The summed E-state index contributed by atoms with van der Waals surface area (Å²) in [4.78, 5) is 29.6. The molecule has 0 aromatic carbocycles. The first-order valence-electron chi connectivity index (χ1n) is 10.0. The standard InChI is InChI=1S/C17H21N5O4S.C2HF3O2/c1-18-15(23)14-12-21-10-7-20-16(21)17(26-14)4-8-22(9-5-17)27(24,25)13-3-2-6-19-11-13;3-2(4,5)1(6)7/h2-3,6-7,10-11,14H,4-5,8-9,12H2,1H3,(H,18,23);(H,6,7). The van der Waals surface area contributed by atoms with Crippen molar-refractivity contribution in [1.29, 1.82) is 0 Å². The highest BCUT2D eigenvalue weighted by atomic mass is 32.2. The van der Waals surface area contributed by atoms with Gasteiger partial charge in [0.05, 0.1) is 6.54 Å². The Labute approximate surface area is 192 Å². The smallest absolute Gasteiger partial charge is 0.475 e. The zero-order chi connectivity index (χ0) is 25.1. The van der Waals surface area contributed by atoms with Crippen LogP contribution in [0.25, 0.3) is 0 Å². The zero-order valence-corrected chi connectivity index (χ0v) is 18.7. The maximum Gasteiger partial charge on any atom is 0.490 e. The summed E-state index contributed by atoms with van der Waals surface area (Å²) in [6.07, 6.45) is 1.55. The fourth-order valence-corrected chi connectivity index (χ4v) is 5.18. The monoisotopic (exact) mass is 505 g/mol. The maximum absolute atomic E-state index is 12.8. The number of alkyl halides is 3. The van der Waals surface area contributed by atoms with E-state index in [9.17, 15) is 26.4 Å². The summed E-state index contributed by atoms with van der Waals surface area (Å²) in [5, 5.41) is 9.75. The predicted molar refractivity (Wildman–Crippen MR) is 109 cm³/mol. The van der Waals surface area contributed by atoms with E-state index in [2.05, 4.69) is 15.3 Å². The molecule has 186 valence electrons. The van der Waals surface area contributed by atoms with Gasteiger partial charge >= 0.3 is 12.1 Å². The number of hydrogen-bond acceptors (Lipinski definition) is 7. The lowest BCUT2D eigenvalue weighted by Crippen LogP contribution is -2.54. The molecule has 1 spiro atoms. The Hall–Kier alpha value is -3.04. The van der Waals surface area contributed by atoms with Gasteiger partial charge in [-0.15, -0.1) is 0 Å². The lowest BCUT2D eigenvalue weighted by atomic mass is 9.89. The van der Waals surface area contributed by atoms with Crippen LogP contribution >= 0.6 is 0 Å². The summed E-state index contributed by atoms with van der Waals surface area (Å²) < 4.78 is 67.0. The summed E-state index contributed by atoms with van der Waals surface area (Å²) in [6.45, 7) is 0.962. The van der Waals surface area contributed by atoms with E-state index in [4.69, 9.17) is 14.6 Å². The third-order valence-electron chi connectivity index (χ3n) is 5.44. The number of nitrogens with one attached hydrogen (secondary N) is 1.